The van der Waals surface area contributed by atoms with Crippen LogP contribution in [-0.2, 0) is 82.5 Å². The third-order valence-electron chi connectivity index (χ3n) is 13.6. The molecule has 2 amide bonds. The molecule has 23 heteroatoms. The number of unbranched alkanes of at least 4 members (excludes halogenated alkanes) is 3. The number of rotatable bonds is 27. The van der Waals surface area contributed by atoms with E-state index in [1.807, 2.05) is 12.1 Å². The Labute approximate surface area is 474 Å². The lowest BCUT2D eigenvalue weighted by Crippen LogP contribution is -2.48. The van der Waals surface area contributed by atoms with Crippen LogP contribution in [-0.4, -0.2) is 116 Å². The highest BCUT2D eigenvalue weighted by Crippen LogP contribution is 2.23. The second-order valence-corrected chi connectivity index (χ2v) is 23.5. The van der Waals surface area contributed by atoms with Crippen molar-refractivity contribution in [2.24, 2.45) is 0 Å². The number of aliphatic carboxylic acids is 2. The fourth-order valence-electron chi connectivity index (χ4n) is 9.06. The highest BCUT2D eigenvalue weighted by atomic mass is 32.2. The normalized spacial score (nSPS) is 14.1. The molecule has 3 aliphatic heterocycles. The lowest BCUT2D eigenvalue weighted by molar-refractivity contribution is -0.139. The minimum absolute atomic E-state index is 0.0384. The van der Waals surface area contributed by atoms with E-state index in [0.717, 1.165) is 131 Å². The fraction of sp³-hybridized carbons (Fsp3) is 0.448. The summed E-state index contributed by atoms with van der Waals surface area (Å²) in [5, 5.41) is 33.0. The number of nitrogens with one attached hydrogen (secondary N) is 7. The number of amides is 2. The number of aromatic nitrogens is 3. The van der Waals surface area contributed by atoms with Crippen molar-refractivity contribution in [1.82, 2.24) is 35.0 Å². The summed E-state index contributed by atoms with van der Waals surface area (Å²) >= 11 is 0. The molecule has 0 saturated heterocycles. The summed E-state index contributed by atoms with van der Waals surface area (Å²) in [6.07, 6.45) is 14.3. The molecule has 0 spiro atoms. The maximum Gasteiger partial charge on any atom is 0.323 e. The molecular formula is C58H76N10O11S2. The lowest BCUT2D eigenvalue weighted by atomic mass is 10.1. The number of ketones is 1. The Morgan fingerprint density at radius 1 is 0.494 bits per heavy atom. The molecule has 0 radical (unpaired) electrons. The van der Waals surface area contributed by atoms with Gasteiger partial charge < -0.3 is 36.8 Å². The van der Waals surface area contributed by atoms with E-state index < -0.39 is 44.1 Å². The third kappa shape index (κ3) is 21.6. The van der Waals surface area contributed by atoms with Crippen molar-refractivity contribution in [3.8, 4) is 0 Å². The number of hydrogen-bond donors (Lipinski definition) is 9. The van der Waals surface area contributed by atoms with Gasteiger partial charge in [0.25, 0.3) is 0 Å². The number of carboxylic acid groups (broad SMARTS) is 2. The molecule has 3 aliphatic rings. The van der Waals surface area contributed by atoms with Gasteiger partial charge in [0.15, 0.2) is 0 Å². The molecule has 0 fully saturated rings. The van der Waals surface area contributed by atoms with Gasteiger partial charge in [-0.1, -0.05) is 54.6 Å². The molecular weight excluding hydrogens is 1080 g/mol. The molecule has 21 nitrogen and oxygen atoms in total. The van der Waals surface area contributed by atoms with Crippen molar-refractivity contribution in [1.29, 1.82) is 0 Å². The molecule has 0 bridgehead atoms. The van der Waals surface area contributed by atoms with E-state index in [2.05, 4.69) is 75.2 Å². The summed E-state index contributed by atoms with van der Waals surface area (Å²) < 4.78 is 54.0. The van der Waals surface area contributed by atoms with Crippen molar-refractivity contribution in [2.75, 3.05) is 48.7 Å². The first-order valence-corrected chi connectivity index (χ1v) is 30.7. The Morgan fingerprint density at radius 3 is 1.21 bits per heavy atom. The van der Waals surface area contributed by atoms with E-state index in [1.54, 1.807) is 36.4 Å². The Hall–Kier alpha value is -7.34. The summed E-state index contributed by atoms with van der Waals surface area (Å²) in [5.41, 5.74) is 6.82. The van der Waals surface area contributed by atoms with Gasteiger partial charge in [-0.2, -0.15) is 9.44 Å². The fourth-order valence-corrected chi connectivity index (χ4v) is 11.5. The maximum atomic E-state index is 12.4. The van der Waals surface area contributed by atoms with Gasteiger partial charge in [0, 0.05) is 69.1 Å². The van der Waals surface area contributed by atoms with Gasteiger partial charge in [-0.15, -0.1) is 0 Å². The molecule has 0 saturated carbocycles. The summed E-state index contributed by atoms with van der Waals surface area (Å²) in [5.74, 6) is -0.0415. The van der Waals surface area contributed by atoms with Crippen molar-refractivity contribution >= 4 is 67.0 Å². The number of anilines is 3. The SMILES string of the molecule is CC(=O)C(CNC(=O)CCCCc1ccc2c(n1)NCCC2)NS(=O)(=O)c1ccccc1.O=C(CCCCc1ccc2c(n1)NCCC2)NCC(NS(=O)(=O)c1ccccc1)C(=O)O.O=C(O)CCCCc1ccc2c(n1)NCCC2. The second kappa shape index (κ2) is 32.2. The molecule has 2 atom stereocenters. The monoisotopic (exact) mass is 1150 g/mol. The number of carboxylic acids is 2. The predicted molar refractivity (Wildman–Crippen MR) is 309 cm³/mol. The molecule has 6 heterocycles. The number of fused-ring (bicyclic) bond motifs is 3. The molecule has 81 heavy (non-hydrogen) atoms. The molecule has 3 aromatic heterocycles. The highest BCUT2D eigenvalue weighted by molar-refractivity contribution is 7.89. The standard InChI is InChI=1S/C23H30N4O4S.C22H28N4O5S.C13H18N2O2/c1-17(28)21(27-32(30,31)20-10-3-2-4-11-20)16-25-22(29)12-6-5-9-19-14-13-18-8-7-15-24-23(18)26-19;27-20(11-5-4-8-17-13-12-16-7-6-14-23-21(16)25-17)24-15-19(22(28)29)26-32(30,31)18-9-2-1-3-10-18;16-12(17)6-2-1-5-11-8-7-10-4-3-9-14-13(10)15-11/h2-4,10-11,13-14,21,27H,5-9,12,15-16H2,1H3,(H,24,26)(H,25,29);1-3,9-10,12-13,19,26H,4-8,11,14-15H2,(H,23,25)(H,24,27)(H,28,29);7-8H,1-6,9H2,(H,14,15)(H,16,17). The first-order valence-electron chi connectivity index (χ1n) is 27.8. The quantitative estimate of drug-likeness (QED) is 0.0267. The number of sulfonamides is 2. The zero-order valence-electron chi connectivity index (χ0n) is 45.9. The lowest BCUT2D eigenvalue weighted by Gasteiger charge is -2.17. The zero-order valence-corrected chi connectivity index (χ0v) is 47.5. The minimum atomic E-state index is -4.00. The average molecular weight is 1150 g/mol. The maximum absolute atomic E-state index is 12.4. The van der Waals surface area contributed by atoms with E-state index in [4.69, 9.17) is 5.11 Å². The van der Waals surface area contributed by atoms with Crippen LogP contribution in [0.15, 0.2) is 107 Å². The van der Waals surface area contributed by atoms with Crippen molar-refractivity contribution in [3.05, 3.63) is 131 Å². The third-order valence-corrected chi connectivity index (χ3v) is 16.6. The number of carbonyl (C=O) groups excluding carboxylic acids is 3. The van der Waals surface area contributed by atoms with Crippen LogP contribution in [0.25, 0.3) is 0 Å². The van der Waals surface area contributed by atoms with Crippen LogP contribution in [0, 0.1) is 0 Å². The van der Waals surface area contributed by atoms with E-state index in [-0.39, 0.29) is 53.3 Å². The van der Waals surface area contributed by atoms with Crippen LogP contribution in [0.3, 0.4) is 0 Å². The number of hydrogen-bond acceptors (Lipinski definition) is 15. The van der Waals surface area contributed by atoms with Crippen LogP contribution in [0.4, 0.5) is 17.5 Å². The zero-order chi connectivity index (χ0) is 58.0. The number of pyridine rings is 3. The molecule has 2 aromatic carbocycles. The topological polar surface area (TPSA) is 317 Å². The minimum Gasteiger partial charge on any atom is -0.481 e. The second-order valence-electron chi connectivity index (χ2n) is 20.1. The van der Waals surface area contributed by atoms with Crippen LogP contribution >= 0.6 is 0 Å². The van der Waals surface area contributed by atoms with Crippen LogP contribution < -0.4 is 36.0 Å². The Morgan fingerprint density at radius 2 is 0.852 bits per heavy atom. The predicted octanol–water partition coefficient (Wildman–Crippen LogP) is 6.14. The summed E-state index contributed by atoms with van der Waals surface area (Å²) in [7, 11) is -7.85. The summed E-state index contributed by atoms with van der Waals surface area (Å²) in [6, 6.07) is 25.3. The summed E-state index contributed by atoms with van der Waals surface area (Å²) in [6.45, 7) is 3.76. The van der Waals surface area contributed by atoms with E-state index in [1.165, 1.54) is 54.3 Å². The van der Waals surface area contributed by atoms with E-state index >= 15 is 0 Å². The molecule has 2 unspecified atom stereocenters. The molecule has 9 N–H and O–H groups in total. The summed E-state index contributed by atoms with van der Waals surface area (Å²) in [4.78, 5) is 71.9. The largest absolute Gasteiger partial charge is 0.481 e. The first-order chi connectivity index (χ1) is 39.0. The molecule has 8 rings (SSSR count). The van der Waals surface area contributed by atoms with Gasteiger partial charge in [-0.25, -0.2) is 31.8 Å². The number of aryl methyl sites for hydroxylation is 6. The van der Waals surface area contributed by atoms with Crippen molar-refractivity contribution in [3.63, 3.8) is 0 Å². The van der Waals surface area contributed by atoms with Crippen LogP contribution in [0.5, 0.6) is 0 Å². The van der Waals surface area contributed by atoms with Gasteiger partial charge in [-0.3, -0.25) is 24.0 Å². The average Bonchev–Trinajstić information content (AvgIpc) is 3.53. The van der Waals surface area contributed by atoms with E-state index in [9.17, 15) is 45.9 Å². The van der Waals surface area contributed by atoms with E-state index in [0.29, 0.717) is 19.3 Å². The number of benzene rings is 2. The molecule has 5 aromatic rings. The number of nitrogens with zero attached hydrogens (tertiary/aromatic N) is 3. The Bertz CT molecular complexity index is 2950. The molecule has 0 aliphatic carbocycles. The van der Waals surface area contributed by atoms with Crippen molar-refractivity contribution < 1.29 is 51.0 Å². The molecule has 436 valence electrons. The van der Waals surface area contributed by atoms with Gasteiger partial charge in [0.1, 0.15) is 29.3 Å². The Kier molecular flexibility index (Phi) is 25.0. The van der Waals surface area contributed by atoms with Gasteiger partial charge in [0.2, 0.25) is 31.9 Å². The smallest absolute Gasteiger partial charge is 0.323 e. The number of Topliss-reactive ketones (excluding diaryl/α,β-unsaturated/α-hetero) is 1. The van der Waals surface area contributed by atoms with Gasteiger partial charge >= 0.3 is 11.9 Å². The van der Waals surface area contributed by atoms with Gasteiger partial charge in [-0.05, 0) is 162 Å². The number of carbonyl (C=O) groups is 5. The van der Waals surface area contributed by atoms with Crippen LogP contribution in [0.2, 0.25) is 0 Å². The van der Waals surface area contributed by atoms with Crippen molar-refractivity contribution in [2.45, 2.75) is 144 Å². The van der Waals surface area contributed by atoms with Crippen LogP contribution in [0.1, 0.15) is 118 Å². The highest BCUT2D eigenvalue weighted by Gasteiger charge is 2.27. The Balaban J connectivity index is 0.000000205. The van der Waals surface area contributed by atoms with Gasteiger partial charge in [0.05, 0.1) is 15.8 Å². The first kappa shape index (κ1) is 62.9.